The summed E-state index contributed by atoms with van der Waals surface area (Å²) >= 11 is 3.09. The smallest absolute Gasteiger partial charge is 0.300 e. The molecular weight excluding hydrogens is 258 g/mol. The number of carbonyl (C=O) groups excluding carboxylic acids is 1. The van der Waals surface area contributed by atoms with Gasteiger partial charge in [0.2, 0.25) is 5.78 Å². The second kappa shape index (κ2) is 4.50. The number of alkyl halides is 2. The van der Waals surface area contributed by atoms with E-state index in [2.05, 4.69) is 15.9 Å². The minimum Gasteiger partial charge on any atom is -0.497 e. The van der Waals surface area contributed by atoms with Crippen LogP contribution in [0, 0.1) is 0 Å². The Labute approximate surface area is 88.0 Å². The molecule has 0 bridgehead atoms. The summed E-state index contributed by atoms with van der Waals surface area (Å²) in [6.07, 6.45) is -2.99. The van der Waals surface area contributed by atoms with Gasteiger partial charge >= 0.3 is 6.43 Å². The zero-order valence-electron chi connectivity index (χ0n) is 7.26. The van der Waals surface area contributed by atoms with Gasteiger partial charge in [0.1, 0.15) is 5.75 Å². The fourth-order valence-electron chi connectivity index (χ4n) is 0.949. The van der Waals surface area contributed by atoms with Crippen LogP contribution >= 0.6 is 15.9 Å². The molecule has 1 rings (SSSR count). The lowest BCUT2D eigenvalue weighted by Crippen LogP contribution is -2.10. The van der Waals surface area contributed by atoms with Gasteiger partial charge in [0.15, 0.2) is 0 Å². The Morgan fingerprint density at radius 2 is 2.07 bits per heavy atom. The van der Waals surface area contributed by atoms with Crippen molar-refractivity contribution < 1.29 is 18.3 Å². The first-order chi connectivity index (χ1) is 6.54. The van der Waals surface area contributed by atoms with Crippen molar-refractivity contribution in [2.75, 3.05) is 7.11 Å². The first-order valence-corrected chi connectivity index (χ1v) is 4.51. The summed E-state index contributed by atoms with van der Waals surface area (Å²) in [5.74, 6) is -0.840. The molecule has 0 aromatic heterocycles. The SMILES string of the molecule is COc1cc(Br)cc(C(=O)C(F)F)c1. The summed E-state index contributed by atoms with van der Waals surface area (Å²) in [5.41, 5.74) is -0.0637. The lowest BCUT2D eigenvalue weighted by Gasteiger charge is -2.04. The van der Waals surface area contributed by atoms with Crippen LogP contribution in [0.5, 0.6) is 5.75 Å². The lowest BCUT2D eigenvalue weighted by atomic mass is 10.1. The highest BCUT2D eigenvalue weighted by atomic mass is 79.9. The molecule has 0 heterocycles. The maximum absolute atomic E-state index is 12.1. The van der Waals surface area contributed by atoms with Crippen LogP contribution in [-0.2, 0) is 0 Å². The lowest BCUT2D eigenvalue weighted by molar-refractivity contribution is 0.0678. The summed E-state index contributed by atoms with van der Waals surface area (Å²) in [5, 5.41) is 0. The van der Waals surface area contributed by atoms with Crippen LogP contribution in [0.3, 0.4) is 0 Å². The maximum Gasteiger partial charge on any atom is 0.300 e. The summed E-state index contributed by atoms with van der Waals surface area (Å²) in [7, 11) is 1.40. The van der Waals surface area contributed by atoms with E-state index >= 15 is 0 Å². The van der Waals surface area contributed by atoms with E-state index in [9.17, 15) is 13.6 Å². The topological polar surface area (TPSA) is 26.3 Å². The quantitative estimate of drug-likeness (QED) is 0.785. The standard InChI is InChI=1S/C9H7BrF2O2/c1-14-7-3-5(2-6(10)4-7)8(13)9(11)12/h2-4,9H,1H3. The number of rotatable bonds is 3. The summed E-state index contributed by atoms with van der Waals surface area (Å²) in [6.45, 7) is 0. The Hall–Kier alpha value is -0.970. The van der Waals surface area contributed by atoms with E-state index in [1.165, 1.54) is 19.2 Å². The van der Waals surface area contributed by atoms with Crippen molar-refractivity contribution >= 4 is 21.7 Å². The third-order valence-corrected chi connectivity index (χ3v) is 2.05. The van der Waals surface area contributed by atoms with Gasteiger partial charge in [-0.15, -0.1) is 0 Å². The third kappa shape index (κ3) is 2.51. The maximum atomic E-state index is 12.1. The van der Waals surface area contributed by atoms with Crippen LogP contribution in [0.25, 0.3) is 0 Å². The molecule has 14 heavy (non-hydrogen) atoms. The van der Waals surface area contributed by atoms with Gasteiger partial charge < -0.3 is 4.74 Å². The molecule has 0 aliphatic carbocycles. The molecule has 0 radical (unpaired) electrons. The molecule has 1 aromatic carbocycles. The molecule has 76 valence electrons. The monoisotopic (exact) mass is 264 g/mol. The van der Waals surface area contributed by atoms with Crippen molar-refractivity contribution in [1.29, 1.82) is 0 Å². The molecule has 0 aliphatic rings. The van der Waals surface area contributed by atoms with Crippen molar-refractivity contribution in [2.24, 2.45) is 0 Å². The molecular formula is C9H7BrF2O2. The van der Waals surface area contributed by atoms with E-state index in [-0.39, 0.29) is 5.56 Å². The Morgan fingerprint density at radius 1 is 1.43 bits per heavy atom. The fourth-order valence-corrected chi connectivity index (χ4v) is 1.42. The average Bonchev–Trinajstić information content (AvgIpc) is 2.15. The molecule has 0 N–H and O–H groups in total. The van der Waals surface area contributed by atoms with Crippen molar-refractivity contribution in [3.8, 4) is 5.75 Å². The number of hydrogen-bond acceptors (Lipinski definition) is 2. The fraction of sp³-hybridized carbons (Fsp3) is 0.222. The van der Waals surface area contributed by atoms with Gasteiger partial charge in [0.05, 0.1) is 7.11 Å². The molecule has 0 atom stereocenters. The Bertz CT molecular complexity index is 353. The highest BCUT2D eigenvalue weighted by molar-refractivity contribution is 9.10. The number of hydrogen-bond donors (Lipinski definition) is 0. The highest BCUT2D eigenvalue weighted by Gasteiger charge is 2.18. The van der Waals surface area contributed by atoms with Crippen LogP contribution in [0.2, 0.25) is 0 Å². The van der Waals surface area contributed by atoms with E-state index in [1.807, 2.05) is 0 Å². The van der Waals surface area contributed by atoms with Crippen molar-refractivity contribution in [3.63, 3.8) is 0 Å². The van der Waals surface area contributed by atoms with Gasteiger partial charge in [-0.25, -0.2) is 8.78 Å². The Morgan fingerprint density at radius 3 is 2.57 bits per heavy atom. The van der Waals surface area contributed by atoms with Crippen LogP contribution in [-0.4, -0.2) is 19.3 Å². The number of halogens is 3. The third-order valence-electron chi connectivity index (χ3n) is 1.59. The largest absolute Gasteiger partial charge is 0.497 e. The normalized spacial score (nSPS) is 10.4. The molecule has 0 spiro atoms. The van der Waals surface area contributed by atoms with Crippen LogP contribution < -0.4 is 4.74 Å². The number of ketones is 1. The zero-order chi connectivity index (χ0) is 10.7. The van der Waals surface area contributed by atoms with Crippen molar-refractivity contribution in [1.82, 2.24) is 0 Å². The summed E-state index contributed by atoms with van der Waals surface area (Å²) < 4.78 is 29.5. The van der Waals surface area contributed by atoms with Gasteiger partial charge in [-0.2, -0.15) is 0 Å². The molecule has 0 fully saturated rings. The minimum absolute atomic E-state index is 0.0637. The van der Waals surface area contributed by atoms with E-state index in [1.54, 1.807) is 6.07 Å². The molecule has 2 nitrogen and oxygen atoms in total. The predicted molar refractivity (Wildman–Crippen MR) is 51.0 cm³/mol. The second-order valence-electron chi connectivity index (χ2n) is 2.54. The van der Waals surface area contributed by atoms with Gasteiger partial charge in [0.25, 0.3) is 0 Å². The molecule has 1 aromatic rings. The molecule has 0 unspecified atom stereocenters. The first-order valence-electron chi connectivity index (χ1n) is 3.71. The Kier molecular flexibility index (Phi) is 3.57. The molecule has 0 saturated carbocycles. The van der Waals surface area contributed by atoms with Gasteiger partial charge in [-0.3, -0.25) is 4.79 Å². The second-order valence-corrected chi connectivity index (χ2v) is 3.46. The number of Topliss-reactive ketones (excluding diaryl/α,β-unsaturated/α-hetero) is 1. The van der Waals surface area contributed by atoms with Crippen molar-refractivity contribution in [3.05, 3.63) is 28.2 Å². The number of benzene rings is 1. The molecule has 0 saturated heterocycles. The van der Waals surface area contributed by atoms with Crippen molar-refractivity contribution in [2.45, 2.75) is 6.43 Å². The zero-order valence-corrected chi connectivity index (χ0v) is 8.85. The summed E-state index contributed by atoms with van der Waals surface area (Å²) in [4.78, 5) is 10.9. The molecule has 0 aliphatic heterocycles. The van der Waals surface area contributed by atoms with Gasteiger partial charge in [-0.05, 0) is 18.2 Å². The first kappa shape index (κ1) is 11.1. The van der Waals surface area contributed by atoms with Crippen LogP contribution in [0.4, 0.5) is 8.78 Å². The van der Waals surface area contributed by atoms with E-state index in [0.29, 0.717) is 10.2 Å². The highest BCUT2D eigenvalue weighted by Crippen LogP contribution is 2.22. The number of carbonyl (C=O) groups is 1. The van der Waals surface area contributed by atoms with Crippen LogP contribution in [0.15, 0.2) is 22.7 Å². The van der Waals surface area contributed by atoms with Crippen LogP contribution in [0.1, 0.15) is 10.4 Å². The predicted octanol–water partition coefficient (Wildman–Crippen LogP) is 2.91. The number of ether oxygens (including phenoxy) is 1. The number of methoxy groups -OCH3 is 1. The Balaban J connectivity index is 3.09. The van der Waals surface area contributed by atoms with Gasteiger partial charge in [-0.1, -0.05) is 15.9 Å². The summed E-state index contributed by atoms with van der Waals surface area (Å²) in [6, 6.07) is 4.19. The van der Waals surface area contributed by atoms with E-state index in [0.717, 1.165) is 0 Å². The molecule has 5 heteroatoms. The van der Waals surface area contributed by atoms with E-state index in [4.69, 9.17) is 4.74 Å². The van der Waals surface area contributed by atoms with Gasteiger partial charge in [0, 0.05) is 10.0 Å². The van der Waals surface area contributed by atoms with E-state index < -0.39 is 12.2 Å². The average molecular weight is 265 g/mol. The molecule has 0 amide bonds. The minimum atomic E-state index is -2.99.